The number of nitrogens with zero attached hydrogens (tertiary/aromatic N) is 2. The Morgan fingerprint density at radius 2 is 2.22 bits per heavy atom. The predicted molar refractivity (Wildman–Crippen MR) is 82.7 cm³/mol. The van der Waals surface area contributed by atoms with E-state index in [0.29, 0.717) is 6.54 Å². The Bertz CT molecular complexity index is 599. The molecule has 1 aliphatic rings. The molecule has 0 saturated carbocycles. The summed E-state index contributed by atoms with van der Waals surface area (Å²) >= 11 is 0. The number of piperidine rings is 1. The lowest BCUT2D eigenvalue weighted by atomic mass is 9.93. The number of amides is 4. The van der Waals surface area contributed by atoms with Gasteiger partial charge in [-0.25, -0.2) is 4.79 Å². The summed E-state index contributed by atoms with van der Waals surface area (Å²) in [5.74, 6) is -0.773. The Balaban J connectivity index is 2.00. The molecule has 0 spiro atoms. The Labute approximate surface area is 134 Å². The minimum Gasteiger partial charge on any atom is -0.364 e. The maximum absolute atomic E-state index is 12.1. The predicted octanol–water partition coefficient (Wildman–Crippen LogP) is -0.468. The third-order valence-electron chi connectivity index (χ3n) is 4.13. The van der Waals surface area contributed by atoms with Crippen LogP contribution >= 0.6 is 0 Å². The van der Waals surface area contributed by atoms with Crippen LogP contribution < -0.4 is 16.4 Å². The highest BCUT2D eigenvalue weighted by Gasteiger charge is 2.29. The standard InChI is InChI=1S/C14H22N6O3/c1-8(13(22)17-14(23)16-2)20-5-3-4-9(7-20)10-6-11(12(15)21)19-18-10/h6,8-9H,3-5,7H2,1-2H3,(H2,15,21)(H,18,19)(H2,16,17,22,23). The van der Waals surface area contributed by atoms with E-state index in [1.54, 1.807) is 13.0 Å². The molecule has 0 aromatic carbocycles. The summed E-state index contributed by atoms with van der Waals surface area (Å²) in [5, 5.41) is 11.4. The lowest BCUT2D eigenvalue weighted by molar-refractivity contribution is -0.125. The number of aromatic amines is 1. The number of nitrogens with one attached hydrogen (secondary N) is 3. The number of rotatable bonds is 4. The van der Waals surface area contributed by atoms with Crippen LogP contribution in [0.4, 0.5) is 4.79 Å². The number of hydrogen-bond acceptors (Lipinski definition) is 5. The molecule has 2 heterocycles. The van der Waals surface area contributed by atoms with Crippen molar-refractivity contribution in [2.45, 2.75) is 31.7 Å². The van der Waals surface area contributed by atoms with E-state index in [9.17, 15) is 14.4 Å². The van der Waals surface area contributed by atoms with E-state index in [1.165, 1.54) is 7.05 Å². The number of nitrogens with two attached hydrogens (primary N) is 1. The van der Waals surface area contributed by atoms with E-state index in [1.807, 2.05) is 4.90 Å². The number of H-pyrrole nitrogens is 1. The smallest absolute Gasteiger partial charge is 0.321 e. The maximum atomic E-state index is 12.1. The van der Waals surface area contributed by atoms with E-state index >= 15 is 0 Å². The van der Waals surface area contributed by atoms with Gasteiger partial charge in [0.05, 0.1) is 6.04 Å². The average molecular weight is 322 g/mol. The van der Waals surface area contributed by atoms with Gasteiger partial charge in [0, 0.05) is 25.2 Å². The topological polar surface area (TPSA) is 133 Å². The SMILES string of the molecule is CNC(=O)NC(=O)C(C)N1CCCC(c2cc(C(N)=O)n[nH]2)C1. The Morgan fingerprint density at radius 3 is 2.83 bits per heavy atom. The molecule has 1 aliphatic heterocycles. The van der Waals surface area contributed by atoms with E-state index in [0.717, 1.165) is 25.1 Å². The zero-order valence-electron chi connectivity index (χ0n) is 13.3. The van der Waals surface area contributed by atoms with Crippen LogP contribution in [-0.2, 0) is 4.79 Å². The first kappa shape index (κ1) is 16.9. The van der Waals surface area contributed by atoms with Gasteiger partial charge in [-0.05, 0) is 32.4 Å². The van der Waals surface area contributed by atoms with Crippen molar-refractivity contribution in [1.29, 1.82) is 0 Å². The molecule has 126 valence electrons. The first-order valence-corrected chi connectivity index (χ1v) is 7.54. The van der Waals surface area contributed by atoms with Gasteiger partial charge in [0.2, 0.25) is 5.91 Å². The molecule has 0 aliphatic carbocycles. The molecule has 0 bridgehead atoms. The molecule has 23 heavy (non-hydrogen) atoms. The van der Waals surface area contributed by atoms with E-state index in [4.69, 9.17) is 5.73 Å². The van der Waals surface area contributed by atoms with Crippen molar-refractivity contribution < 1.29 is 14.4 Å². The second kappa shape index (κ2) is 7.23. The molecule has 1 aromatic heterocycles. The summed E-state index contributed by atoms with van der Waals surface area (Å²) in [7, 11) is 1.46. The highest BCUT2D eigenvalue weighted by Crippen LogP contribution is 2.27. The third-order valence-corrected chi connectivity index (χ3v) is 4.13. The van der Waals surface area contributed by atoms with Gasteiger partial charge in [0.1, 0.15) is 5.69 Å². The highest BCUT2D eigenvalue weighted by molar-refractivity contribution is 5.96. The zero-order valence-corrected chi connectivity index (χ0v) is 13.3. The minimum atomic E-state index is -0.571. The molecule has 9 heteroatoms. The van der Waals surface area contributed by atoms with Gasteiger partial charge in [-0.1, -0.05) is 0 Å². The third kappa shape index (κ3) is 4.07. The van der Waals surface area contributed by atoms with Gasteiger partial charge in [-0.2, -0.15) is 5.10 Å². The summed E-state index contributed by atoms with van der Waals surface area (Å²) in [6.45, 7) is 3.18. The lowest BCUT2D eigenvalue weighted by Gasteiger charge is -2.35. The van der Waals surface area contributed by atoms with Crippen LogP contribution in [0.1, 0.15) is 41.9 Å². The number of carbonyl (C=O) groups is 3. The summed E-state index contributed by atoms with van der Waals surface area (Å²) < 4.78 is 0. The Hall–Kier alpha value is -2.42. The van der Waals surface area contributed by atoms with E-state index < -0.39 is 18.0 Å². The number of aromatic nitrogens is 2. The zero-order chi connectivity index (χ0) is 17.0. The molecule has 5 N–H and O–H groups in total. The Kier molecular flexibility index (Phi) is 5.32. The molecule has 0 radical (unpaired) electrons. The number of carbonyl (C=O) groups excluding carboxylic acids is 3. The fraction of sp³-hybridized carbons (Fsp3) is 0.571. The highest BCUT2D eigenvalue weighted by atomic mass is 16.2. The largest absolute Gasteiger partial charge is 0.364 e. The number of primary amides is 1. The molecule has 1 saturated heterocycles. The van der Waals surface area contributed by atoms with Crippen LogP contribution in [0.15, 0.2) is 6.07 Å². The lowest BCUT2D eigenvalue weighted by Crippen LogP contribution is -2.51. The monoisotopic (exact) mass is 322 g/mol. The maximum Gasteiger partial charge on any atom is 0.321 e. The van der Waals surface area contributed by atoms with Crippen molar-refractivity contribution in [2.75, 3.05) is 20.1 Å². The number of urea groups is 1. The van der Waals surface area contributed by atoms with Gasteiger partial charge in [0.25, 0.3) is 5.91 Å². The van der Waals surface area contributed by atoms with Gasteiger partial charge in [0.15, 0.2) is 0 Å². The molecule has 2 rings (SSSR count). The molecule has 9 nitrogen and oxygen atoms in total. The summed E-state index contributed by atoms with van der Waals surface area (Å²) in [6.07, 6.45) is 1.84. The van der Waals surface area contributed by atoms with Crippen molar-refractivity contribution in [3.05, 3.63) is 17.5 Å². The molecule has 4 amide bonds. The second-order valence-corrected chi connectivity index (χ2v) is 5.65. The fourth-order valence-electron chi connectivity index (χ4n) is 2.73. The molecular formula is C14H22N6O3. The van der Waals surface area contributed by atoms with Crippen molar-refractivity contribution in [3.63, 3.8) is 0 Å². The Morgan fingerprint density at radius 1 is 1.48 bits per heavy atom. The number of likely N-dealkylation sites (tertiary alicyclic amines) is 1. The quantitative estimate of drug-likeness (QED) is 0.595. The van der Waals surface area contributed by atoms with Crippen molar-refractivity contribution in [2.24, 2.45) is 5.73 Å². The van der Waals surface area contributed by atoms with Crippen LogP contribution in [-0.4, -0.2) is 59.1 Å². The average Bonchev–Trinajstić information content (AvgIpc) is 3.04. The van der Waals surface area contributed by atoms with Crippen LogP contribution in [0.25, 0.3) is 0 Å². The van der Waals surface area contributed by atoms with Gasteiger partial charge in [-0.15, -0.1) is 0 Å². The van der Waals surface area contributed by atoms with E-state index in [2.05, 4.69) is 20.8 Å². The van der Waals surface area contributed by atoms with Gasteiger partial charge in [-0.3, -0.25) is 24.9 Å². The fourth-order valence-corrected chi connectivity index (χ4v) is 2.73. The van der Waals surface area contributed by atoms with Crippen molar-refractivity contribution >= 4 is 17.8 Å². The van der Waals surface area contributed by atoms with Crippen LogP contribution in [0.2, 0.25) is 0 Å². The number of imide groups is 1. The molecule has 1 aromatic rings. The molecule has 2 unspecified atom stereocenters. The second-order valence-electron chi connectivity index (χ2n) is 5.65. The van der Waals surface area contributed by atoms with Gasteiger partial charge < -0.3 is 11.1 Å². The summed E-state index contributed by atoms with van der Waals surface area (Å²) in [6, 6.07) is 0.717. The van der Waals surface area contributed by atoms with E-state index in [-0.39, 0.29) is 17.5 Å². The molecular weight excluding hydrogens is 300 g/mol. The number of hydrogen-bond donors (Lipinski definition) is 4. The van der Waals surface area contributed by atoms with Crippen LogP contribution in [0, 0.1) is 0 Å². The molecule has 2 atom stereocenters. The minimum absolute atomic E-state index is 0.139. The summed E-state index contributed by atoms with van der Waals surface area (Å²) in [4.78, 5) is 36.4. The van der Waals surface area contributed by atoms with Crippen molar-refractivity contribution in [3.8, 4) is 0 Å². The van der Waals surface area contributed by atoms with Crippen molar-refractivity contribution in [1.82, 2.24) is 25.7 Å². The van der Waals surface area contributed by atoms with Crippen LogP contribution in [0.3, 0.4) is 0 Å². The molecule has 1 fully saturated rings. The summed E-state index contributed by atoms with van der Waals surface area (Å²) in [5.41, 5.74) is 6.26. The normalized spacial score (nSPS) is 19.8. The first-order chi connectivity index (χ1) is 10.9. The van der Waals surface area contributed by atoms with Crippen LogP contribution in [0.5, 0.6) is 0 Å². The first-order valence-electron chi connectivity index (χ1n) is 7.54. The van der Waals surface area contributed by atoms with Gasteiger partial charge >= 0.3 is 6.03 Å².